The summed E-state index contributed by atoms with van der Waals surface area (Å²) in [6.07, 6.45) is 2.86. The molecule has 4 N–H and O–H groups in total. The van der Waals surface area contributed by atoms with Crippen molar-refractivity contribution in [2.75, 3.05) is 19.1 Å². The Hall–Kier alpha value is -2.50. The first kappa shape index (κ1) is 16.9. The maximum absolute atomic E-state index is 11.9. The molecule has 2 aromatic heterocycles. The van der Waals surface area contributed by atoms with Crippen molar-refractivity contribution in [2.24, 2.45) is 0 Å². The van der Waals surface area contributed by atoms with Crippen molar-refractivity contribution in [3.05, 3.63) is 53.9 Å². The number of nitrogens with one attached hydrogen (secondary N) is 4. The maximum atomic E-state index is 11.9. The van der Waals surface area contributed by atoms with Crippen molar-refractivity contribution < 1.29 is 4.84 Å². The molecule has 0 atom stereocenters. The average Bonchev–Trinajstić information content (AvgIpc) is 2.48. The molecule has 0 aliphatic carbocycles. The molecule has 0 aliphatic heterocycles. The highest BCUT2D eigenvalue weighted by Gasteiger charge is 2.10. The van der Waals surface area contributed by atoms with Crippen molar-refractivity contribution >= 4 is 17.9 Å². The minimum absolute atomic E-state index is 0.0588. The molecule has 2 aromatic rings. The fraction of sp³-hybridized carbons (Fsp3) is 0.333. The average molecular weight is 340 g/mol. The van der Waals surface area contributed by atoms with Crippen LogP contribution in [0.25, 0.3) is 0 Å². The monoisotopic (exact) mass is 340 g/mol. The number of H-pyrrole nitrogens is 3. The van der Waals surface area contributed by atoms with Crippen LogP contribution in [0.15, 0.2) is 26.8 Å². The molecule has 124 valence electrons. The third kappa shape index (κ3) is 4.03. The van der Waals surface area contributed by atoms with Gasteiger partial charge in [-0.25, -0.2) is 4.79 Å². The van der Waals surface area contributed by atoms with E-state index in [1.807, 2.05) is 0 Å². The Balaban J connectivity index is 2.31. The first-order valence-electron chi connectivity index (χ1n) is 6.54. The van der Waals surface area contributed by atoms with E-state index in [0.717, 1.165) is 0 Å². The van der Waals surface area contributed by atoms with Crippen LogP contribution in [0.4, 0.5) is 5.69 Å². The third-order valence-electron chi connectivity index (χ3n) is 3.07. The second-order valence-corrected chi connectivity index (χ2v) is 5.11. The minimum atomic E-state index is -0.580. The molecule has 0 spiro atoms. The summed E-state index contributed by atoms with van der Waals surface area (Å²) >= 11 is 4.82. The molecule has 10 nitrogen and oxygen atoms in total. The Kier molecular flexibility index (Phi) is 5.26. The van der Waals surface area contributed by atoms with Crippen LogP contribution in [0, 0.1) is 4.77 Å². The van der Waals surface area contributed by atoms with E-state index in [1.165, 1.54) is 29.0 Å². The Morgan fingerprint density at radius 1 is 1.30 bits per heavy atom. The zero-order valence-corrected chi connectivity index (χ0v) is 13.3. The summed E-state index contributed by atoms with van der Waals surface area (Å²) in [5, 5.41) is 0. The quantitative estimate of drug-likeness (QED) is 0.393. The molecule has 0 aromatic carbocycles. The number of nitrogens with zero attached hydrogens (tertiary/aromatic N) is 2. The van der Waals surface area contributed by atoms with Crippen molar-refractivity contribution in [3.8, 4) is 0 Å². The summed E-state index contributed by atoms with van der Waals surface area (Å²) in [6.45, 7) is 0.193. The van der Waals surface area contributed by atoms with Crippen LogP contribution >= 0.6 is 12.2 Å². The Morgan fingerprint density at radius 3 is 2.70 bits per heavy atom. The number of anilines is 1. The normalized spacial score (nSPS) is 10.7. The van der Waals surface area contributed by atoms with E-state index >= 15 is 0 Å². The first-order valence-corrected chi connectivity index (χ1v) is 6.95. The van der Waals surface area contributed by atoms with Crippen LogP contribution < -0.4 is 27.2 Å². The van der Waals surface area contributed by atoms with Crippen LogP contribution in [-0.4, -0.2) is 33.7 Å². The lowest BCUT2D eigenvalue weighted by Gasteiger charge is -2.19. The highest BCUT2D eigenvalue weighted by Crippen LogP contribution is 2.03. The fourth-order valence-corrected chi connectivity index (χ4v) is 2.08. The van der Waals surface area contributed by atoms with Crippen molar-refractivity contribution in [1.29, 1.82) is 0 Å². The fourth-order valence-electron chi connectivity index (χ4n) is 1.93. The number of hydroxylamine groups is 1. The van der Waals surface area contributed by atoms with Gasteiger partial charge in [-0.05, 0) is 12.2 Å². The van der Waals surface area contributed by atoms with Crippen molar-refractivity contribution in [2.45, 2.75) is 13.2 Å². The van der Waals surface area contributed by atoms with Gasteiger partial charge in [-0.2, -0.15) is 5.48 Å². The second-order valence-electron chi connectivity index (χ2n) is 4.71. The van der Waals surface area contributed by atoms with E-state index in [9.17, 15) is 14.4 Å². The standard InChI is InChI=1S/C12H16N6O4S/c1-17(8-4-13-11(23)15-10(8)20)6-18-5-7(3-14-22-2)9(19)16-12(18)21/h4-5,14H,3,6H2,1-2H3,(H,16,19,21)(H2,13,15,20,23). The van der Waals surface area contributed by atoms with E-state index in [4.69, 9.17) is 12.2 Å². The molecule has 0 fully saturated rings. The van der Waals surface area contributed by atoms with Gasteiger partial charge in [-0.15, -0.1) is 0 Å². The van der Waals surface area contributed by atoms with Gasteiger partial charge in [0.25, 0.3) is 11.1 Å². The lowest BCUT2D eigenvalue weighted by molar-refractivity contribution is 0.0862. The lowest BCUT2D eigenvalue weighted by Crippen LogP contribution is -2.38. The molecule has 0 saturated heterocycles. The second kappa shape index (κ2) is 7.17. The van der Waals surface area contributed by atoms with Gasteiger partial charge in [-0.3, -0.25) is 24.1 Å². The lowest BCUT2D eigenvalue weighted by atomic mass is 10.3. The summed E-state index contributed by atoms with van der Waals surface area (Å²) in [6, 6.07) is 0. The molecule has 2 heterocycles. The highest BCUT2D eigenvalue weighted by atomic mass is 32.1. The van der Waals surface area contributed by atoms with Gasteiger partial charge in [0.2, 0.25) is 0 Å². The van der Waals surface area contributed by atoms with Gasteiger partial charge in [0, 0.05) is 25.0 Å². The summed E-state index contributed by atoms with van der Waals surface area (Å²) in [5.41, 5.74) is 1.69. The maximum Gasteiger partial charge on any atom is 0.329 e. The van der Waals surface area contributed by atoms with Gasteiger partial charge < -0.3 is 14.7 Å². The van der Waals surface area contributed by atoms with Gasteiger partial charge in [-0.1, -0.05) is 0 Å². The summed E-state index contributed by atoms with van der Waals surface area (Å²) in [4.78, 5) is 49.1. The van der Waals surface area contributed by atoms with Gasteiger partial charge in [0.05, 0.1) is 20.3 Å². The highest BCUT2D eigenvalue weighted by molar-refractivity contribution is 7.71. The predicted molar refractivity (Wildman–Crippen MR) is 85.8 cm³/mol. The largest absolute Gasteiger partial charge is 0.351 e. The smallest absolute Gasteiger partial charge is 0.329 e. The molecular weight excluding hydrogens is 324 g/mol. The Morgan fingerprint density at radius 2 is 2.04 bits per heavy atom. The van der Waals surface area contributed by atoms with Crippen molar-refractivity contribution in [3.63, 3.8) is 0 Å². The number of hydrogen-bond donors (Lipinski definition) is 4. The first-order chi connectivity index (χ1) is 10.9. The topological polar surface area (TPSA) is 128 Å². The summed E-state index contributed by atoms with van der Waals surface area (Å²) < 4.78 is 1.48. The van der Waals surface area contributed by atoms with Crippen LogP contribution in [0.1, 0.15) is 5.56 Å². The number of hydrogen-bond acceptors (Lipinski definition) is 7. The number of rotatable bonds is 6. The minimum Gasteiger partial charge on any atom is -0.351 e. The molecule has 0 bridgehead atoms. The summed E-state index contributed by atoms with van der Waals surface area (Å²) in [7, 11) is 3.05. The summed E-state index contributed by atoms with van der Waals surface area (Å²) in [5.74, 6) is 0. The molecule has 0 amide bonds. The van der Waals surface area contributed by atoms with Gasteiger partial charge in [0.1, 0.15) is 5.69 Å². The van der Waals surface area contributed by atoms with Crippen molar-refractivity contribution in [1.82, 2.24) is 25.0 Å². The Bertz CT molecular complexity index is 911. The third-order valence-corrected chi connectivity index (χ3v) is 3.29. The SMILES string of the molecule is CONCc1cn(CN(C)c2c[nH]c(=S)[nH]c2=O)c(=O)[nH]c1=O. The van der Waals surface area contributed by atoms with E-state index in [-0.39, 0.29) is 23.5 Å². The van der Waals surface area contributed by atoms with Gasteiger partial charge >= 0.3 is 5.69 Å². The molecule has 0 unspecified atom stereocenters. The van der Waals surface area contributed by atoms with E-state index in [1.54, 1.807) is 7.05 Å². The Labute approximate surface area is 134 Å². The van der Waals surface area contributed by atoms with Crippen LogP contribution in [0.5, 0.6) is 0 Å². The van der Waals surface area contributed by atoms with Crippen LogP contribution in [-0.2, 0) is 18.1 Å². The molecule has 0 radical (unpaired) electrons. The zero-order chi connectivity index (χ0) is 17.0. The molecule has 0 aliphatic rings. The molecule has 2 rings (SSSR count). The number of aromatic nitrogens is 4. The zero-order valence-electron chi connectivity index (χ0n) is 12.5. The van der Waals surface area contributed by atoms with Crippen LogP contribution in [0.2, 0.25) is 0 Å². The molecule has 23 heavy (non-hydrogen) atoms. The molecular formula is C12H16N6O4S. The van der Waals surface area contributed by atoms with E-state index in [0.29, 0.717) is 11.3 Å². The molecule has 11 heteroatoms. The number of aromatic amines is 3. The molecule has 0 saturated carbocycles. The van der Waals surface area contributed by atoms with Crippen LogP contribution in [0.3, 0.4) is 0 Å². The predicted octanol–water partition coefficient (Wildman–Crippen LogP) is -0.973. The van der Waals surface area contributed by atoms with E-state index < -0.39 is 11.2 Å². The van der Waals surface area contributed by atoms with Gasteiger partial charge in [0.15, 0.2) is 4.77 Å². The van der Waals surface area contributed by atoms with E-state index in [2.05, 4.69) is 25.3 Å².